The molecule has 100 valence electrons. The summed E-state index contributed by atoms with van der Waals surface area (Å²) in [4.78, 5) is 11.6. The Labute approximate surface area is 106 Å². The maximum absolute atomic E-state index is 11.6. The number of aryl methyl sites for hydroxylation is 1. The molecule has 5 nitrogen and oxygen atoms in total. The summed E-state index contributed by atoms with van der Waals surface area (Å²) < 4.78 is 33.0. The number of rotatable bonds is 5. The minimum Gasteiger partial charge on any atom is -0.486 e. The molecule has 1 aliphatic rings. The number of sulfone groups is 1. The zero-order chi connectivity index (χ0) is 13.4. The fraction of sp³-hybridized carbons (Fsp3) is 0.583. The molecule has 1 aromatic heterocycles. The molecule has 0 radical (unpaired) electrons. The lowest BCUT2D eigenvalue weighted by atomic mass is 10.2. The van der Waals surface area contributed by atoms with Gasteiger partial charge in [-0.25, -0.2) is 8.42 Å². The fourth-order valence-corrected chi connectivity index (χ4v) is 3.38. The monoisotopic (exact) mass is 272 g/mol. The Kier molecular flexibility index (Phi) is 3.23. The van der Waals surface area contributed by atoms with E-state index in [2.05, 4.69) is 0 Å². The summed E-state index contributed by atoms with van der Waals surface area (Å²) in [5.74, 6) is 0.766. The molecule has 1 saturated carbocycles. The third-order valence-electron chi connectivity index (χ3n) is 2.99. The van der Waals surface area contributed by atoms with Crippen LogP contribution in [0.3, 0.4) is 0 Å². The lowest BCUT2D eigenvalue weighted by molar-refractivity contribution is 0.239. The van der Waals surface area contributed by atoms with Crippen LogP contribution in [0, 0.1) is 12.3 Å². The Morgan fingerprint density at radius 1 is 1.44 bits per heavy atom. The first-order valence-electron chi connectivity index (χ1n) is 5.70. The Hall–Kier alpha value is -1.30. The quantitative estimate of drug-likeness (QED) is 0.804. The van der Waals surface area contributed by atoms with E-state index >= 15 is 0 Å². The second kappa shape index (κ2) is 4.42. The third kappa shape index (κ3) is 3.35. The summed E-state index contributed by atoms with van der Waals surface area (Å²) in [6.45, 7) is 1.92. The molecule has 1 heterocycles. The van der Waals surface area contributed by atoms with Crippen LogP contribution in [0.4, 0.5) is 0 Å². The minimum atomic E-state index is -3.02. The second-order valence-electron chi connectivity index (χ2n) is 5.08. The van der Waals surface area contributed by atoms with Crippen molar-refractivity contribution in [1.29, 1.82) is 0 Å². The molecule has 1 fully saturated rings. The Bertz CT molecular complexity index is 595. The van der Waals surface area contributed by atoms with Gasteiger partial charge in [-0.15, -0.1) is 0 Å². The number of hydrogen-bond acceptors (Lipinski definition) is 5. The molecule has 0 spiro atoms. The zero-order valence-electron chi connectivity index (χ0n) is 10.4. The minimum absolute atomic E-state index is 0.108. The molecule has 0 N–H and O–H groups in total. The molecule has 0 unspecified atom stereocenters. The smallest absolute Gasteiger partial charge is 0.226 e. The third-order valence-corrected chi connectivity index (χ3v) is 4.13. The van der Waals surface area contributed by atoms with Crippen LogP contribution in [0.2, 0.25) is 0 Å². The Morgan fingerprint density at radius 3 is 2.61 bits per heavy atom. The first kappa shape index (κ1) is 13.1. The highest BCUT2D eigenvalue weighted by Gasteiger charge is 2.46. The molecule has 2 rings (SSSR count). The summed E-state index contributed by atoms with van der Waals surface area (Å²) in [5.41, 5.74) is -0.556. The fourth-order valence-electron chi connectivity index (χ4n) is 1.89. The number of ether oxygens (including phenoxy) is 1. The van der Waals surface area contributed by atoms with Gasteiger partial charge in [0.15, 0.2) is 0 Å². The molecular weight excluding hydrogens is 256 g/mol. The van der Waals surface area contributed by atoms with E-state index in [1.54, 1.807) is 6.92 Å². The lowest BCUT2D eigenvalue weighted by Gasteiger charge is -2.14. The van der Waals surface area contributed by atoms with Crippen molar-refractivity contribution in [3.63, 3.8) is 0 Å². The van der Waals surface area contributed by atoms with Crippen LogP contribution in [-0.2, 0) is 9.84 Å². The van der Waals surface area contributed by atoms with Crippen LogP contribution in [-0.4, -0.2) is 27.0 Å². The van der Waals surface area contributed by atoms with Gasteiger partial charge in [0, 0.05) is 17.7 Å². The van der Waals surface area contributed by atoms with Crippen LogP contribution in [0.5, 0.6) is 5.75 Å². The van der Waals surface area contributed by atoms with Crippen molar-refractivity contribution in [2.45, 2.75) is 19.8 Å². The molecule has 0 amide bonds. The highest BCUT2D eigenvalue weighted by atomic mass is 32.2. The van der Waals surface area contributed by atoms with Gasteiger partial charge in [-0.2, -0.15) is 0 Å². The Morgan fingerprint density at radius 2 is 2.11 bits per heavy atom. The number of hydrogen-bond donors (Lipinski definition) is 0. The van der Waals surface area contributed by atoms with Gasteiger partial charge in [0.05, 0.1) is 12.4 Å². The highest BCUT2D eigenvalue weighted by Crippen LogP contribution is 2.46. The Balaban J connectivity index is 2.02. The first-order chi connectivity index (χ1) is 8.30. The van der Waals surface area contributed by atoms with Crippen molar-refractivity contribution >= 4 is 9.84 Å². The van der Waals surface area contributed by atoms with Crippen molar-refractivity contribution in [3.05, 3.63) is 28.3 Å². The van der Waals surface area contributed by atoms with Gasteiger partial charge in [0.1, 0.15) is 21.9 Å². The van der Waals surface area contributed by atoms with Gasteiger partial charge in [0.2, 0.25) is 11.2 Å². The topological polar surface area (TPSA) is 73.6 Å². The van der Waals surface area contributed by atoms with E-state index in [0.29, 0.717) is 5.76 Å². The van der Waals surface area contributed by atoms with E-state index in [1.807, 2.05) is 0 Å². The van der Waals surface area contributed by atoms with Crippen LogP contribution in [0.15, 0.2) is 21.5 Å². The first-order valence-corrected chi connectivity index (χ1v) is 7.76. The largest absolute Gasteiger partial charge is 0.486 e. The van der Waals surface area contributed by atoms with Crippen molar-refractivity contribution in [1.82, 2.24) is 0 Å². The molecular formula is C12H16O5S. The van der Waals surface area contributed by atoms with Crippen LogP contribution in [0.25, 0.3) is 0 Å². The summed E-state index contributed by atoms with van der Waals surface area (Å²) in [7, 11) is -3.02. The molecule has 1 aliphatic carbocycles. The summed E-state index contributed by atoms with van der Waals surface area (Å²) >= 11 is 0. The molecule has 0 bridgehead atoms. The summed E-state index contributed by atoms with van der Waals surface area (Å²) in [6.07, 6.45) is 4.12. The molecule has 0 aromatic carbocycles. The van der Waals surface area contributed by atoms with Crippen molar-refractivity contribution < 1.29 is 17.6 Å². The van der Waals surface area contributed by atoms with E-state index in [1.165, 1.54) is 18.6 Å². The average Bonchev–Trinajstić information content (AvgIpc) is 2.94. The molecule has 0 atom stereocenters. The maximum atomic E-state index is 11.6. The van der Waals surface area contributed by atoms with E-state index in [0.717, 1.165) is 12.8 Å². The van der Waals surface area contributed by atoms with Gasteiger partial charge < -0.3 is 9.15 Å². The lowest BCUT2D eigenvalue weighted by Crippen LogP contribution is -2.24. The van der Waals surface area contributed by atoms with E-state index in [9.17, 15) is 13.2 Å². The van der Waals surface area contributed by atoms with Gasteiger partial charge >= 0.3 is 0 Å². The average molecular weight is 272 g/mol. The molecule has 0 aliphatic heterocycles. The van der Waals surface area contributed by atoms with Crippen molar-refractivity contribution in [3.8, 4) is 5.75 Å². The molecule has 1 aromatic rings. The van der Waals surface area contributed by atoms with Crippen LogP contribution >= 0.6 is 0 Å². The summed E-state index contributed by atoms with van der Waals surface area (Å²) in [5, 5.41) is 0. The highest BCUT2D eigenvalue weighted by molar-refractivity contribution is 7.90. The van der Waals surface area contributed by atoms with E-state index in [-0.39, 0.29) is 29.0 Å². The standard InChI is InChI=1S/C12H16O5S/c1-9-5-10(13)11(6-16-9)17-7-12(3-4-12)8-18(2,14)15/h5-6H,3-4,7-8H2,1-2H3. The van der Waals surface area contributed by atoms with E-state index < -0.39 is 9.84 Å². The predicted octanol–water partition coefficient (Wildman–Crippen LogP) is 1.15. The SMILES string of the molecule is Cc1cc(=O)c(OCC2(CS(C)(=O)=O)CC2)co1. The van der Waals surface area contributed by atoms with Gasteiger partial charge in [-0.3, -0.25) is 4.79 Å². The zero-order valence-corrected chi connectivity index (χ0v) is 11.2. The summed E-state index contributed by atoms with van der Waals surface area (Å²) in [6, 6.07) is 1.35. The molecule has 0 saturated heterocycles. The van der Waals surface area contributed by atoms with Crippen molar-refractivity contribution in [2.24, 2.45) is 5.41 Å². The van der Waals surface area contributed by atoms with Gasteiger partial charge in [0.25, 0.3) is 0 Å². The second-order valence-corrected chi connectivity index (χ2v) is 7.22. The van der Waals surface area contributed by atoms with Crippen molar-refractivity contribution in [2.75, 3.05) is 18.6 Å². The maximum Gasteiger partial charge on any atom is 0.226 e. The van der Waals surface area contributed by atoms with Gasteiger partial charge in [-0.1, -0.05) is 0 Å². The van der Waals surface area contributed by atoms with Gasteiger partial charge in [-0.05, 0) is 19.8 Å². The molecule has 18 heavy (non-hydrogen) atoms. The van der Waals surface area contributed by atoms with Crippen LogP contribution in [0.1, 0.15) is 18.6 Å². The molecule has 6 heteroatoms. The van der Waals surface area contributed by atoms with Crippen LogP contribution < -0.4 is 10.2 Å². The normalized spacial score (nSPS) is 17.4. The van der Waals surface area contributed by atoms with E-state index in [4.69, 9.17) is 9.15 Å². The predicted molar refractivity (Wildman–Crippen MR) is 66.6 cm³/mol.